The summed E-state index contributed by atoms with van der Waals surface area (Å²) in [5, 5.41) is 8.79. The molecule has 0 radical (unpaired) electrons. The van der Waals surface area contributed by atoms with Crippen LogP contribution in [0.4, 0.5) is 5.95 Å². The van der Waals surface area contributed by atoms with Crippen LogP contribution in [0.3, 0.4) is 0 Å². The van der Waals surface area contributed by atoms with Crippen LogP contribution in [-0.2, 0) is 9.53 Å². The van der Waals surface area contributed by atoms with Crippen molar-refractivity contribution in [1.29, 1.82) is 0 Å². The van der Waals surface area contributed by atoms with E-state index in [4.69, 9.17) is 4.74 Å². The smallest absolute Gasteiger partial charge is 0.232 e. The Balaban J connectivity index is 1.91. The van der Waals surface area contributed by atoms with Crippen molar-refractivity contribution in [1.82, 2.24) is 15.2 Å². The predicted molar refractivity (Wildman–Crippen MR) is 43.9 cm³/mol. The maximum atomic E-state index is 11.4. The molecule has 6 heteroatoms. The molecular formula is C7H10N4O2. The van der Waals surface area contributed by atoms with Gasteiger partial charge in [-0.3, -0.25) is 10.1 Å². The van der Waals surface area contributed by atoms with E-state index < -0.39 is 0 Å². The molecule has 2 N–H and O–H groups in total. The topological polar surface area (TPSA) is 79.9 Å². The lowest BCUT2D eigenvalue weighted by atomic mass is 10.1. The SMILES string of the molecule is O=C(Nc1ncn[nH]1)C1CCOC1. The molecule has 0 bridgehead atoms. The lowest BCUT2D eigenvalue weighted by Gasteiger charge is -2.05. The van der Waals surface area contributed by atoms with Gasteiger partial charge in [-0.2, -0.15) is 10.1 Å². The number of rotatable bonds is 2. The summed E-state index contributed by atoms with van der Waals surface area (Å²) in [6.07, 6.45) is 2.13. The Morgan fingerprint density at radius 2 is 2.69 bits per heavy atom. The standard InChI is InChI=1S/C7H10N4O2/c12-6(5-1-2-13-3-5)10-7-8-4-9-11-7/h4-5H,1-3H2,(H2,8,9,10,11,12). The van der Waals surface area contributed by atoms with Crippen molar-refractivity contribution >= 4 is 11.9 Å². The molecule has 1 aromatic rings. The second kappa shape index (κ2) is 3.53. The largest absolute Gasteiger partial charge is 0.381 e. The molecule has 0 aliphatic carbocycles. The minimum atomic E-state index is -0.0609. The van der Waals surface area contributed by atoms with E-state index in [2.05, 4.69) is 20.5 Å². The Hall–Kier alpha value is -1.43. The van der Waals surface area contributed by atoms with E-state index in [-0.39, 0.29) is 11.8 Å². The number of hydrogen-bond donors (Lipinski definition) is 2. The van der Waals surface area contributed by atoms with Gasteiger partial charge >= 0.3 is 0 Å². The van der Waals surface area contributed by atoms with E-state index in [0.29, 0.717) is 19.2 Å². The van der Waals surface area contributed by atoms with Gasteiger partial charge in [0.2, 0.25) is 11.9 Å². The second-order valence-corrected chi connectivity index (χ2v) is 2.88. The maximum absolute atomic E-state index is 11.4. The third-order valence-electron chi connectivity index (χ3n) is 1.96. The summed E-state index contributed by atoms with van der Waals surface area (Å²) in [7, 11) is 0. The molecule has 1 aliphatic heterocycles. The van der Waals surface area contributed by atoms with Gasteiger partial charge in [0.15, 0.2) is 0 Å². The minimum absolute atomic E-state index is 0.0508. The van der Waals surface area contributed by atoms with Crippen LogP contribution in [0.25, 0.3) is 0 Å². The average molecular weight is 182 g/mol. The van der Waals surface area contributed by atoms with Gasteiger partial charge < -0.3 is 4.74 Å². The van der Waals surface area contributed by atoms with Gasteiger partial charge in [-0.1, -0.05) is 0 Å². The second-order valence-electron chi connectivity index (χ2n) is 2.88. The molecule has 0 aromatic carbocycles. The van der Waals surface area contributed by atoms with Crippen LogP contribution in [0.1, 0.15) is 6.42 Å². The molecule has 2 heterocycles. The summed E-state index contributed by atoms with van der Waals surface area (Å²) in [4.78, 5) is 15.2. The molecule has 1 aliphatic rings. The van der Waals surface area contributed by atoms with Gasteiger partial charge in [-0.15, -0.1) is 0 Å². The third kappa shape index (κ3) is 1.83. The molecule has 13 heavy (non-hydrogen) atoms. The molecule has 1 atom stereocenters. The number of aromatic nitrogens is 3. The zero-order valence-electron chi connectivity index (χ0n) is 6.99. The quantitative estimate of drug-likeness (QED) is 0.662. The molecule has 1 fully saturated rings. The third-order valence-corrected chi connectivity index (χ3v) is 1.96. The number of anilines is 1. The van der Waals surface area contributed by atoms with Crippen molar-refractivity contribution in [3.05, 3.63) is 6.33 Å². The van der Waals surface area contributed by atoms with Crippen molar-refractivity contribution in [2.24, 2.45) is 5.92 Å². The van der Waals surface area contributed by atoms with Crippen LogP contribution in [0.2, 0.25) is 0 Å². The lowest BCUT2D eigenvalue weighted by Crippen LogP contribution is -2.23. The number of H-pyrrole nitrogens is 1. The fourth-order valence-electron chi connectivity index (χ4n) is 1.23. The first-order valence-electron chi connectivity index (χ1n) is 4.10. The van der Waals surface area contributed by atoms with Crippen molar-refractivity contribution in [3.8, 4) is 0 Å². The van der Waals surface area contributed by atoms with Crippen molar-refractivity contribution in [3.63, 3.8) is 0 Å². The molecule has 0 spiro atoms. The zero-order valence-corrected chi connectivity index (χ0v) is 6.99. The number of aromatic amines is 1. The van der Waals surface area contributed by atoms with Crippen LogP contribution in [-0.4, -0.2) is 34.3 Å². The monoisotopic (exact) mass is 182 g/mol. The Morgan fingerprint density at radius 1 is 1.77 bits per heavy atom. The minimum Gasteiger partial charge on any atom is -0.381 e. The number of ether oxygens (including phenoxy) is 1. The number of carbonyl (C=O) groups excluding carboxylic acids is 1. The summed E-state index contributed by atoms with van der Waals surface area (Å²) >= 11 is 0. The van der Waals surface area contributed by atoms with Crippen LogP contribution >= 0.6 is 0 Å². The van der Waals surface area contributed by atoms with Gasteiger partial charge in [0, 0.05) is 6.61 Å². The fraction of sp³-hybridized carbons (Fsp3) is 0.571. The average Bonchev–Trinajstić information content (AvgIpc) is 2.74. The van der Waals surface area contributed by atoms with Crippen molar-refractivity contribution < 1.29 is 9.53 Å². The maximum Gasteiger partial charge on any atom is 0.232 e. The van der Waals surface area contributed by atoms with Crippen LogP contribution < -0.4 is 5.32 Å². The number of nitrogens with one attached hydrogen (secondary N) is 2. The molecule has 70 valence electrons. The number of nitrogens with zero attached hydrogens (tertiary/aromatic N) is 2. The first-order valence-corrected chi connectivity index (χ1v) is 4.10. The lowest BCUT2D eigenvalue weighted by molar-refractivity contribution is -0.119. The predicted octanol–water partition coefficient (Wildman–Crippen LogP) is -0.220. The van der Waals surface area contributed by atoms with Crippen molar-refractivity contribution in [2.75, 3.05) is 18.5 Å². The highest BCUT2D eigenvalue weighted by Crippen LogP contribution is 2.13. The van der Waals surface area contributed by atoms with Gasteiger partial charge in [0.1, 0.15) is 6.33 Å². The van der Waals surface area contributed by atoms with Gasteiger partial charge in [0.05, 0.1) is 12.5 Å². The summed E-state index contributed by atoms with van der Waals surface area (Å²) in [6, 6.07) is 0. The number of amides is 1. The summed E-state index contributed by atoms with van der Waals surface area (Å²) in [5.41, 5.74) is 0. The molecule has 1 saturated heterocycles. The first-order chi connectivity index (χ1) is 6.36. The normalized spacial score (nSPS) is 21.7. The summed E-state index contributed by atoms with van der Waals surface area (Å²) < 4.78 is 5.09. The Morgan fingerprint density at radius 3 is 3.31 bits per heavy atom. The molecule has 2 rings (SSSR count). The number of carbonyl (C=O) groups is 1. The molecule has 1 amide bonds. The van der Waals surface area contributed by atoms with Crippen LogP contribution in [0.15, 0.2) is 6.33 Å². The molecule has 0 saturated carbocycles. The van der Waals surface area contributed by atoms with E-state index >= 15 is 0 Å². The Labute approximate surface area is 74.7 Å². The van der Waals surface area contributed by atoms with E-state index in [1.54, 1.807) is 0 Å². The first kappa shape index (κ1) is 8.18. The molecule has 1 unspecified atom stereocenters. The van der Waals surface area contributed by atoms with Crippen LogP contribution in [0.5, 0.6) is 0 Å². The van der Waals surface area contributed by atoms with E-state index in [1.807, 2.05) is 0 Å². The van der Waals surface area contributed by atoms with Crippen LogP contribution in [0, 0.1) is 5.92 Å². The highest BCUT2D eigenvalue weighted by molar-refractivity contribution is 5.91. The Kier molecular flexibility index (Phi) is 2.22. The molecular weight excluding hydrogens is 172 g/mol. The summed E-state index contributed by atoms with van der Waals surface area (Å²) in [6.45, 7) is 1.16. The highest BCUT2D eigenvalue weighted by Gasteiger charge is 2.23. The fourth-order valence-corrected chi connectivity index (χ4v) is 1.23. The highest BCUT2D eigenvalue weighted by atomic mass is 16.5. The molecule has 6 nitrogen and oxygen atoms in total. The van der Waals surface area contributed by atoms with E-state index in [9.17, 15) is 4.79 Å². The molecule has 1 aromatic heterocycles. The Bertz CT molecular complexity index is 279. The summed E-state index contributed by atoms with van der Waals surface area (Å²) in [5.74, 6) is 0.274. The van der Waals surface area contributed by atoms with Gasteiger partial charge in [-0.05, 0) is 6.42 Å². The van der Waals surface area contributed by atoms with E-state index in [0.717, 1.165) is 6.42 Å². The number of hydrogen-bond acceptors (Lipinski definition) is 4. The van der Waals surface area contributed by atoms with Gasteiger partial charge in [0.25, 0.3) is 0 Å². The van der Waals surface area contributed by atoms with Crippen molar-refractivity contribution in [2.45, 2.75) is 6.42 Å². The van der Waals surface area contributed by atoms with E-state index in [1.165, 1.54) is 6.33 Å². The van der Waals surface area contributed by atoms with Gasteiger partial charge in [-0.25, -0.2) is 5.10 Å². The zero-order chi connectivity index (χ0) is 9.10.